The van der Waals surface area contributed by atoms with E-state index in [1.165, 1.54) is 4.95 Å². The lowest BCUT2D eigenvalue weighted by Crippen LogP contribution is -2.42. The molecule has 0 fully saturated rings. The number of ether oxygens (including phenoxy) is 1. The molecular weight excluding hydrogens is 392 g/mol. The first-order valence-corrected chi connectivity index (χ1v) is 9.71. The van der Waals surface area contributed by atoms with Gasteiger partial charge in [0.15, 0.2) is 0 Å². The van der Waals surface area contributed by atoms with Crippen LogP contribution in [0, 0.1) is 9.81 Å². The number of hydrogen-bond donors (Lipinski definition) is 3. The number of halogens is 1. The third-order valence-corrected chi connectivity index (χ3v) is 6.20. The van der Waals surface area contributed by atoms with Crippen LogP contribution in [-0.4, -0.2) is 40.6 Å². The summed E-state index contributed by atoms with van der Waals surface area (Å²) in [7, 11) is -16.0. The molecule has 0 rings (SSSR count). The average molecular weight is 404 g/mol. The Morgan fingerprint density at radius 1 is 1.17 bits per heavy atom. The highest BCUT2D eigenvalue weighted by molar-refractivity contribution is 7.69. The van der Waals surface area contributed by atoms with E-state index in [-0.39, 0.29) is 0 Å². The molecule has 0 amide bonds. The lowest BCUT2D eigenvalue weighted by Gasteiger charge is -2.26. The lowest BCUT2D eigenvalue weighted by molar-refractivity contribution is -0.202. The summed E-state index contributed by atoms with van der Waals surface area (Å²) >= 11 is 0. The Labute approximate surface area is 127 Å². The Bertz CT molecular complexity index is 583. The van der Waals surface area contributed by atoms with E-state index in [0.717, 1.165) is 14.0 Å². The van der Waals surface area contributed by atoms with E-state index < -0.39 is 41.9 Å². The van der Waals surface area contributed by atoms with Gasteiger partial charge in [0, 0.05) is 17.0 Å². The number of phosphoric acid groups is 1. The molecule has 0 heterocycles. The Morgan fingerprint density at radius 3 is 2.04 bits per heavy atom. The van der Waals surface area contributed by atoms with Crippen LogP contribution in [0.15, 0.2) is 9.89 Å². The minimum Gasteiger partial charge on any atom is -0.387 e. The van der Waals surface area contributed by atoms with E-state index in [1.54, 1.807) is 4.95 Å². The van der Waals surface area contributed by atoms with Crippen LogP contribution in [0.2, 0.25) is 0 Å². The second-order valence-electron chi connectivity index (χ2n) is 3.69. The molecule has 136 valence electrons. The highest BCUT2D eigenvalue weighted by Gasteiger charge is 2.46. The molecule has 3 N–H and O–H groups in total. The molecule has 0 bridgehead atoms. The van der Waals surface area contributed by atoms with Crippen molar-refractivity contribution in [3.05, 3.63) is 9.81 Å². The van der Waals surface area contributed by atoms with Gasteiger partial charge in [-0.3, -0.25) is 4.52 Å². The zero-order valence-electron chi connectivity index (χ0n) is 11.4. The maximum absolute atomic E-state index is 13.8. The molecule has 23 heavy (non-hydrogen) atoms. The standard InChI is InChI=1S/C5H12FN2O12P3/c1-4(9)5(6,17-2)3-18-22(14,8-11)20-23(15,16)19-21(12,13)7-10/h4,9H,3H2,1-2H3,(H,12,13)(H,15,16)/t4-,5?,22?/m0/s1. The minimum absolute atomic E-state index is 0.772. The summed E-state index contributed by atoms with van der Waals surface area (Å²) in [5.74, 6) is -3.00. The van der Waals surface area contributed by atoms with Gasteiger partial charge in [0.05, 0.1) is 0 Å². The summed E-state index contributed by atoms with van der Waals surface area (Å²) in [4.78, 5) is 41.0. The number of alkyl halides is 1. The normalized spacial score (nSPS) is 23.6. The zero-order valence-corrected chi connectivity index (χ0v) is 14.1. The summed E-state index contributed by atoms with van der Waals surface area (Å²) in [6, 6.07) is 0. The van der Waals surface area contributed by atoms with Gasteiger partial charge in [-0.2, -0.15) is 8.62 Å². The van der Waals surface area contributed by atoms with E-state index >= 15 is 0 Å². The highest BCUT2D eigenvalue weighted by Crippen LogP contribution is 2.69. The van der Waals surface area contributed by atoms with Crippen LogP contribution in [0.3, 0.4) is 0 Å². The molecule has 0 aliphatic carbocycles. The first kappa shape index (κ1) is 22.5. The largest absolute Gasteiger partial charge is 0.498 e. The molecule has 0 aliphatic heterocycles. The molecule has 0 spiro atoms. The van der Waals surface area contributed by atoms with Crippen molar-refractivity contribution >= 4 is 23.3 Å². The predicted octanol–water partition coefficient (Wildman–Crippen LogP) is 1.57. The number of nitrogens with zero attached hydrogens (tertiary/aromatic N) is 2. The van der Waals surface area contributed by atoms with Crippen LogP contribution in [0.4, 0.5) is 4.39 Å². The van der Waals surface area contributed by atoms with Crippen LogP contribution in [0.5, 0.6) is 0 Å². The molecule has 0 radical (unpaired) electrons. The molecule has 4 unspecified atom stereocenters. The summed E-state index contributed by atoms with van der Waals surface area (Å²) in [5, 5.41) is 9.09. The zero-order chi connectivity index (χ0) is 18.5. The van der Waals surface area contributed by atoms with Crippen LogP contribution < -0.4 is 0 Å². The van der Waals surface area contributed by atoms with Gasteiger partial charge in [0.1, 0.15) is 12.7 Å². The van der Waals surface area contributed by atoms with Crippen LogP contribution in [0.25, 0.3) is 0 Å². The molecule has 0 aromatic heterocycles. The number of aliphatic hydroxyl groups is 1. The van der Waals surface area contributed by atoms with Gasteiger partial charge in [0.25, 0.3) is 5.85 Å². The fourth-order valence-corrected chi connectivity index (χ4v) is 4.20. The van der Waals surface area contributed by atoms with Crippen molar-refractivity contribution in [2.75, 3.05) is 13.7 Å². The third kappa shape index (κ3) is 7.31. The highest BCUT2D eigenvalue weighted by atomic mass is 31.3. The minimum atomic E-state index is -5.80. The fourth-order valence-electron chi connectivity index (χ4n) is 0.876. The van der Waals surface area contributed by atoms with E-state index in [1.807, 2.05) is 0 Å². The van der Waals surface area contributed by atoms with Gasteiger partial charge in [-0.15, -0.1) is 9.81 Å². The number of methoxy groups -OCH3 is 1. The first-order valence-electron chi connectivity index (χ1n) is 5.19. The molecular formula is C5H12FN2O12P3. The van der Waals surface area contributed by atoms with Crippen molar-refractivity contribution in [1.82, 2.24) is 0 Å². The Kier molecular flexibility index (Phi) is 7.92. The van der Waals surface area contributed by atoms with Gasteiger partial charge in [-0.05, 0) is 6.92 Å². The molecule has 0 aliphatic rings. The van der Waals surface area contributed by atoms with E-state index in [4.69, 9.17) is 14.9 Å². The summed E-state index contributed by atoms with van der Waals surface area (Å²) in [6.07, 6.45) is -1.86. The molecule has 14 nitrogen and oxygen atoms in total. The third-order valence-electron chi connectivity index (χ3n) is 2.01. The molecule has 0 aromatic carbocycles. The van der Waals surface area contributed by atoms with Crippen molar-refractivity contribution in [3.63, 3.8) is 0 Å². The monoisotopic (exact) mass is 404 g/mol. The topological polar surface area (TPSA) is 208 Å². The van der Waals surface area contributed by atoms with E-state index in [0.29, 0.717) is 0 Å². The first-order chi connectivity index (χ1) is 10.2. The smallest absolute Gasteiger partial charge is 0.387 e. The Balaban J connectivity index is 5.16. The maximum atomic E-state index is 13.8. The van der Waals surface area contributed by atoms with Gasteiger partial charge in [-0.1, -0.05) is 0 Å². The lowest BCUT2D eigenvalue weighted by atomic mass is 10.2. The van der Waals surface area contributed by atoms with Crippen LogP contribution >= 0.6 is 23.3 Å². The summed E-state index contributed by atoms with van der Waals surface area (Å²) in [6.45, 7) is -0.558. The van der Waals surface area contributed by atoms with Crippen molar-refractivity contribution < 1.29 is 50.9 Å². The summed E-state index contributed by atoms with van der Waals surface area (Å²) < 4.78 is 62.7. The molecule has 0 saturated heterocycles. The Hall–Kier alpha value is -0.460. The summed E-state index contributed by atoms with van der Waals surface area (Å²) in [5.41, 5.74) is 0. The van der Waals surface area contributed by atoms with Crippen molar-refractivity contribution in [1.29, 1.82) is 0 Å². The number of aliphatic hydroxyl groups excluding tert-OH is 1. The molecule has 0 aromatic rings. The fraction of sp³-hybridized carbons (Fsp3) is 1.00. The predicted molar refractivity (Wildman–Crippen MR) is 69.5 cm³/mol. The quantitative estimate of drug-likeness (QED) is 0.331. The van der Waals surface area contributed by atoms with Crippen molar-refractivity contribution in [2.45, 2.75) is 18.9 Å². The molecule has 18 heteroatoms. The van der Waals surface area contributed by atoms with Gasteiger partial charge < -0.3 is 19.6 Å². The maximum Gasteiger partial charge on any atom is 0.498 e. The number of nitroso groups, excluding NO2 is 2. The van der Waals surface area contributed by atoms with E-state index in [9.17, 15) is 27.9 Å². The Morgan fingerprint density at radius 2 is 1.70 bits per heavy atom. The molecule has 5 atom stereocenters. The SMILES string of the molecule is COC(F)(COP(=O)(N=O)OP(=O)(O)OP(=O)(O)N=O)[C@H](C)O. The number of rotatable bonds is 11. The van der Waals surface area contributed by atoms with Crippen LogP contribution in [-0.2, 0) is 31.6 Å². The van der Waals surface area contributed by atoms with Crippen LogP contribution in [0.1, 0.15) is 6.92 Å². The van der Waals surface area contributed by atoms with Gasteiger partial charge in [0.2, 0.25) is 0 Å². The second-order valence-corrected chi connectivity index (χ2v) is 8.44. The van der Waals surface area contributed by atoms with Crippen molar-refractivity contribution in [3.8, 4) is 0 Å². The van der Waals surface area contributed by atoms with Gasteiger partial charge >= 0.3 is 23.3 Å². The number of hydrogen-bond acceptors (Lipinski definition) is 10. The van der Waals surface area contributed by atoms with Crippen molar-refractivity contribution in [2.24, 2.45) is 9.89 Å². The average Bonchev–Trinajstić information content (AvgIpc) is 2.42. The second kappa shape index (κ2) is 8.08. The van der Waals surface area contributed by atoms with E-state index in [2.05, 4.69) is 17.9 Å². The van der Waals surface area contributed by atoms with Gasteiger partial charge in [-0.25, -0.2) is 18.1 Å². The molecule has 0 saturated carbocycles.